The third-order valence-corrected chi connectivity index (χ3v) is 4.46. The van der Waals surface area contributed by atoms with Crippen LogP contribution in [0.5, 0.6) is 0 Å². The molecule has 0 bridgehead atoms. The molecule has 1 amide bonds. The van der Waals surface area contributed by atoms with E-state index in [1.807, 2.05) is 4.90 Å². The Kier molecular flexibility index (Phi) is 5.45. The van der Waals surface area contributed by atoms with Gasteiger partial charge >= 0.3 is 0 Å². The molecule has 0 radical (unpaired) electrons. The lowest BCUT2D eigenvalue weighted by atomic mass is 9.93. The van der Waals surface area contributed by atoms with Crippen LogP contribution >= 0.6 is 12.4 Å². The standard InChI is InChI=1S/C13H23N3O2.ClH/c17-13(16-5-7-18-8-6-16)10-15-4-2-12-11(9-15)1-3-14-12;/h11-12,14H,1-10H2;1H. The van der Waals surface area contributed by atoms with Gasteiger partial charge in [0.15, 0.2) is 0 Å². The molecule has 110 valence electrons. The number of halogens is 1. The lowest BCUT2D eigenvalue weighted by Crippen LogP contribution is -2.50. The number of hydrogen-bond acceptors (Lipinski definition) is 4. The first kappa shape index (κ1) is 15.0. The van der Waals surface area contributed by atoms with Crippen molar-refractivity contribution in [2.75, 3.05) is 52.5 Å². The van der Waals surface area contributed by atoms with Crippen molar-refractivity contribution in [3.05, 3.63) is 0 Å². The number of nitrogens with zero attached hydrogens (tertiary/aromatic N) is 2. The largest absolute Gasteiger partial charge is 0.378 e. The fourth-order valence-corrected chi connectivity index (χ4v) is 3.37. The molecule has 3 aliphatic heterocycles. The zero-order valence-electron chi connectivity index (χ0n) is 11.3. The van der Waals surface area contributed by atoms with E-state index in [0.717, 1.165) is 38.6 Å². The Hall–Kier alpha value is -0.360. The summed E-state index contributed by atoms with van der Waals surface area (Å²) in [6.45, 7) is 6.82. The van der Waals surface area contributed by atoms with Crippen LogP contribution in [0.2, 0.25) is 0 Å². The summed E-state index contributed by atoms with van der Waals surface area (Å²) in [5, 5.41) is 3.56. The Bertz CT molecular complexity index is 310. The number of ether oxygens (including phenoxy) is 1. The van der Waals surface area contributed by atoms with Crippen LogP contribution in [0, 0.1) is 5.92 Å². The van der Waals surface area contributed by atoms with Crippen molar-refractivity contribution in [2.24, 2.45) is 5.92 Å². The quantitative estimate of drug-likeness (QED) is 0.774. The number of hydrogen-bond donors (Lipinski definition) is 1. The first-order valence-corrected chi connectivity index (χ1v) is 7.14. The Morgan fingerprint density at radius 3 is 2.79 bits per heavy atom. The molecule has 2 atom stereocenters. The highest BCUT2D eigenvalue weighted by Gasteiger charge is 2.33. The molecular formula is C13H24ClN3O2. The monoisotopic (exact) mass is 289 g/mol. The molecule has 0 spiro atoms. The van der Waals surface area contributed by atoms with Gasteiger partial charge in [0.1, 0.15) is 0 Å². The van der Waals surface area contributed by atoms with E-state index in [1.165, 1.54) is 12.8 Å². The third kappa shape index (κ3) is 3.60. The molecule has 0 aromatic heterocycles. The minimum atomic E-state index is 0. The van der Waals surface area contributed by atoms with Gasteiger partial charge in [0.05, 0.1) is 19.8 Å². The molecule has 6 heteroatoms. The zero-order chi connectivity index (χ0) is 12.4. The van der Waals surface area contributed by atoms with Crippen LogP contribution in [0.3, 0.4) is 0 Å². The van der Waals surface area contributed by atoms with Gasteiger partial charge in [-0.05, 0) is 25.3 Å². The number of morpholine rings is 1. The molecule has 3 fully saturated rings. The summed E-state index contributed by atoms with van der Waals surface area (Å²) in [5.74, 6) is 1.04. The number of carbonyl (C=O) groups is 1. The first-order chi connectivity index (χ1) is 8.83. The molecule has 3 heterocycles. The number of piperidine rings is 1. The summed E-state index contributed by atoms with van der Waals surface area (Å²) in [4.78, 5) is 16.5. The normalized spacial score (nSPS) is 31.7. The number of nitrogens with one attached hydrogen (secondary N) is 1. The average molecular weight is 290 g/mol. The second-order valence-electron chi connectivity index (χ2n) is 5.63. The van der Waals surface area contributed by atoms with Gasteiger partial charge in [-0.3, -0.25) is 9.69 Å². The molecule has 0 saturated carbocycles. The lowest BCUT2D eigenvalue weighted by Gasteiger charge is -2.36. The lowest BCUT2D eigenvalue weighted by molar-refractivity contribution is -0.136. The van der Waals surface area contributed by atoms with Gasteiger partial charge < -0.3 is 15.0 Å². The van der Waals surface area contributed by atoms with Crippen molar-refractivity contribution in [1.82, 2.24) is 15.1 Å². The van der Waals surface area contributed by atoms with E-state index in [4.69, 9.17) is 4.74 Å². The topological polar surface area (TPSA) is 44.8 Å². The van der Waals surface area contributed by atoms with E-state index in [2.05, 4.69) is 10.2 Å². The van der Waals surface area contributed by atoms with Crippen molar-refractivity contribution in [3.63, 3.8) is 0 Å². The maximum atomic E-state index is 12.2. The predicted molar refractivity (Wildman–Crippen MR) is 75.6 cm³/mol. The van der Waals surface area contributed by atoms with Crippen LogP contribution in [0.1, 0.15) is 12.8 Å². The summed E-state index contributed by atoms with van der Waals surface area (Å²) in [6, 6.07) is 0.708. The van der Waals surface area contributed by atoms with Crippen LogP contribution in [0.4, 0.5) is 0 Å². The molecule has 0 aliphatic carbocycles. The second kappa shape index (κ2) is 6.88. The van der Waals surface area contributed by atoms with Gasteiger partial charge in [-0.15, -0.1) is 12.4 Å². The van der Waals surface area contributed by atoms with Gasteiger partial charge in [0, 0.05) is 32.2 Å². The van der Waals surface area contributed by atoms with E-state index in [0.29, 0.717) is 25.8 Å². The van der Waals surface area contributed by atoms with Crippen molar-refractivity contribution >= 4 is 18.3 Å². The Balaban J connectivity index is 0.00000133. The van der Waals surface area contributed by atoms with E-state index >= 15 is 0 Å². The fourth-order valence-electron chi connectivity index (χ4n) is 3.37. The molecule has 0 aromatic rings. The number of amides is 1. The minimum Gasteiger partial charge on any atom is -0.378 e. The molecule has 3 rings (SSSR count). The van der Waals surface area contributed by atoms with Crippen molar-refractivity contribution < 1.29 is 9.53 Å². The highest BCUT2D eigenvalue weighted by molar-refractivity contribution is 5.85. The number of rotatable bonds is 2. The highest BCUT2D eigenvalue weighted by atomic mass is 35.5. The molecule has 3 aliphatic rings. The average Bonchev–Trinajstić information content (AvgIpc) is 2.87. The minimum absolute atomic E-state index is 0. The number of carbonyl (C=O) groups excluding carboxylic acids is 1. The van der Waals surface area contributed by atoms with E-state index < -0.39 is 0 Å². The molecule has 2 unspecified atom stereocenters. The Morgan fingerprint density at radius 2 is 2.00 bits per heavy atom. The molecule has 1 N–H and O–H groups in total. The Labute approximate surface area is 121 Å². The van der Waals surface area contributed by atoms with Crippen molar-refractivity contribution in [1.29, 1.82) is 0 Å². The smallest absolute Gasteiger partial charge is 0.236 e. The summed E-state index contributed by atoms with van der Waals surface area (Å²) in [6.07, 6.45) is 2.47. The van der Waals surface area contributed by atoms with Gasteiger partial charge in [-0.1, -0.05) is 0 Å². The summed E-state index contributed by atoms with van der Waals surface area (Å²) in [5.41, 5.74) is 0. The van der Waals surface area contributed by atoms with Gasteiger partial charge in [-0.2, -0.15) is 0 Å². The van der Waals surface area contributed by atoms with Gasteiger partial charge in [0.25, 0.3) is 0 Å². The maximum Gasteiger partial charge on any atom is 0.236 e. The fraction of sp³-hybridized carbons (Fsp3) is 0.923. The van der Waals surface area contributed by atoms with Gasteiger partial charge in [0.2, 0.25) is 5.91 Å². The van der Waals surface area contributed by atoms with Crippen LogP contribution in [-0.4, -0.2) is 74.2 Å². The van der Waals surface area contributed by atoms with E-state index in [9.17, 15) is 4.79 Å². The predicted octanol–water partition coefficient (Wildman–Crippen LogP) is -0.0492. The van der Waals surface area contributed by atoms with Crippen LogP contribution < -0.4 is 5.32 Å². The van der Waals surface area contributed by atoms with Crippen LogP contribution in [-0.2, 0) is 9.53 Å². The SMILES string of the molecule is Cl.O=C(CN1CCC2NCCC2C1)N1CCOCC1. The van der Waals surface area contributed by atoms with E-state index in [-0.39, 0.29) is 18.3 Å². The molecule has 5 nitrogen and oxygen atoms in total. The van der Waals surface area contributed by atoms with Crippen molar-refractivity contribution in [3.8, 4) is 0 Å². The number of fused-ring (bicyclic) bond motifs is 1. The van der Waals surface area contributed by atoms with Crippen molar-refractivity contribution in [2.45, 2.75) is 18.9 Å². The highest BCUT2D eigenvalue weighted by Crippen LogP contribution is 2.24. The third-order valence-electron chi connectivity index (χ3n) is 4.46. The summed E-state index contributed by atoms with van der Waals surface area (Å²) < 4.78 is 5.28. The molecule has 19 heavy (non-hydrogen) atoms. The second-order valence-corrected chi connectivity index (χ2v) is 5.63. The maximum absolute atomic E-state index is 12.2. The molecule has 3 saturated heterocycles. The zero-order valence-corrected chi connectivity index (χ0v) is 12.2. The van der Waals surface area contributed by atoms with Gasteiger partial charge in [-0.25, -0.2) is 0 Å². The number of likely N-dealkylation sites (tertiary alicyclic amines) is 1. The van der Waals surface area contributed by atoms with Crippen LogP contribution in [0.15, 0.2) is 0 Å². The Morgan fingerprint density at radius 1 is 1.21 bits per heavy atom. The summed E-state index contributed by atoms with van der Waals surface area (Å²) >= 11 is 0. The van der Waals surface area contributed by atoms with Crippen LogP contribution in [0.25, 0.3) is 0 Å². The molecular weight excluding hydrogens is 266 g/mol. The molecule has 0 aromatic carbocycles. The first-order valence-electron chi connectivity index (χ1n) is 7.14. The summed E-state index contributed by atoms with van der Waals surface area (Å²) in [7, 11) is 0. The van der Waals surface area contributed by atoms with E-state index in [1.54, 1.807) is 0 Å².